The topological polar surface area (TPSA) is 84.4 Å². The summed E-state index contributed by atoms with van der Waals surface area (Å²) in [5.41, 5.74) is -0.00242. The lowest BCUT2D eigenvalue weighted by atomic mass is 9.69. The number of anilines is 1. The van der Waals surface area contributed by atoms with Crippen molar-refractivity contribution in [2.75, 3.05) is 37.5 Å². The number of ether oxygens (including phenoxy) is 1. The van der Waals surface area contributed by atoms with Crippen molar-refractivity contribution in [3.05, 3.63) is 5.01 Å². The summed E-state index contributed by atoms with van der Waals surface area (Å²) >= 11 is 1.61. The zero-order chi connectivity index (χ0) is 15.8. The highest BCUT2D eigenvalue weighted by Gasteiger charge is 2.44. The van der Waals surface area contributed by atoms with Gasteiger partial charge in [0, 0.05) is 19.7 Å². The third-order valence-corrected chi connectivity index (χ3v) is 6.28. The van der Waals surface area contributed by atoms with E-state index in [0.717, 1.165) is 42.5 Å². The van der Waals surface area contributed by atoms with Crippen molar-refractivity contribution in [2.45, 2.75) is 32.2 Å². The number of hydrogen-bond donors (Lipinski definition) is 1. The first-order valence-corrected chi connectivity index (χ1v) is 10.2. The fourth-order valence-electron chi connectivity index (χ4n) is 3.40. The Kier molecular flexibility index (Phi) is 4.41. The van der Waals surface area contributed by atoms with Crippen LogP contribution in [0, 0.1) is 12.3 Å². The molecule has 3 heterocycles. The number of hydrogen-bond acceptors (Lipinski definition) is 7. The van der Waals surface area contributed by atoms with E-state index in [2.05, 4.69) is 19.8 Å². The maximum Gasteiger partial charge on any atom is 0.209 e. The zero-order valence-corrected chi connectivity index (χ0v) is 14.5. The molecular weight excluding hydrogens is 324 g/mol. The second kappa shape index (κ2) is 6.03. The highest BCUT2D eigenvalue weighted by molar-refractivity contribution is 7.88. The van der Waals surface area contributed by atoms with Crippen LogP contribution in [0.5, 0.6) is 0 Å². The maximum absolute atomic E-state index is 11.6. The molecule has 7 nitrogen and oxygen atoms in total. The van der Waals surface area contributed by atoms with Gasteiger partial charge in [-0.25, -0.2) is 13.1 Å². The number of nitrogens with one attached hydrogen (secondary N) is 1. The van der Waals surface area contributed by atoms with Gasteiger partial charge in [0.05, 0.1) is 18.9 Å². The van der Waals surface area contributed by atoms with Crippen LogP contribution in [0.2, 0.25) is 0 Å². The van der Waals surface area contributed by atoms with Gasteiger partial charge in [-0.2, -0.15) is 0 Å². The van der Waals surface area contributed by atoms with Crippen LogP contribution < -0.4 is 9.62 Å². The van der Waals surface area contributed by atoms with Gasteiger partial charge in [-0.3, -0.25) is 0 Å². The molecule has 0 unspecified atom stereocenters. The van der Waals surface area contributed by atoms with Crippen molar-refractivity contribution in [3.8, 4) is 0 Å². The molecule has 2 fully saturated rings. The van der Waals surface area contributed by atoms with Crippen LogP contribution in [0.3, 0.4) is 0 Å². The standard InChI is InChI=1S/C13H22N4O3S2/c1-10-14-15-12(21-10)17-6-3-13(4-7-17)5-8-20-9-11(13)16-22(2,18)19/h11,16H,3-9H2,1-2H3/t11-/m1/s1. The van der Waals surface area contributed by atoms with Crippen LogP contribution >= 0.6 is 11.3 Å². The molecular formula is C13H22N4O3S2. The fourth-order valence-corrected chi connectivity index (χ4v) is 4.97. The molecule has 1 spiro atoms. The second-order valence-electron chi connectivity index (χ2n) is 6.22. The van der Waals surface area contributed by atoms with Crippen LogP contribution in [-0.4, -0.2) is 57.2 Å². The summed E-state index contributed by atoms with van der Waals surface area (Å²) in [5.74, 6) is 0. The van der Waals surface area contributed by atoms with Crippen LogP contribution in [0.15, 0.2) is 0 Å². The third-order valence-electron chi connectivity index (χ3n) is 4.67. The first kappa shape index (κ1) is 16.1. The normalized spacial score (nSPS) is 25.5. The van der Waals surface area contributed by atoms with Gasteiger partial charge in [-0.1, -0.05) is 11.3 Å². The summed E-state index contributed by atoms with van der Waals surface area (Å²) < 4.78 is 31.5. The Balaban J connectivity index is 1.71. The molecule has 0 bridgehead atoms. The highest BCUT2D eigenvalue weighted by atomic mass is 32.2. The Morgan fingerprint density at radius 1 is 1.32 bits per heavy atom. The fraction of sp³-hybridized carbons (Fsp3) is 0.846. The molecule has 124 valence electrons. The van der Waals surface area contributed by atoms with Gasteiger partial charge in [-0.15, -0.1) is 10.2 Å². The van der Waals surface area contributed by atoms with Gasteiger partial charge in [0.15, 0.2) is 0 Å². The minimum Gasteiger partial charge on any atom is -0.380 e. The Morgan fingerprint density at radius 3 is 2.64 bits per heavy atom. The maximum atomic E-state index is 11.6. The molecule has 2 saturated heterocycles. The number of aryl methyl sites for hydroxylation is 1. The first-order chi connectivity index (χ1) is 10.4. The minimum absolute atomic E-state index is 0.00242. The number of rotatable bonds is 3. The molecule has 2 aliphatic rings. The summed E-state index contributed by atoms with van der Waals surface area (Å²) in [6, 6.07) is -0.130. The van der Waals surface area contributed by atoms with Crippen molar-refractivity contribution in [1.29, 1.82) is 0 Å². The zero-order valence-electron chi connectivity index (χ0n) is 12.9. The minimum atomic E-state index is -3.23. The number of aromatic nitrogens is 2. The van der Waals surface area contributed by atoms with E-state index in [1.165, 1.54) is 6.26 Å². The van der Waals surface area contributed by atoms with Crippen molar-refractivity contribution in [1.82, 2.24) is 14.9 Å². The average molecular weight is 346 g/mol. The van der Waals surface area contributed by atoms with E-state index in [-0.39, 0.29) is 11.5 Å². The molecule has 0 saturated carbocycles. The second-order valence-corrected chi connectivity index (χ2v) is 9.16. The van der Waals surface area contributed by atoms with E-state index in [9.17, 15) is 8.42 Å². The van der Waals surface area contributed by atoms with Crippen LogP contribution in [0.25, 0.3) is 0 Å². The van der Waals surface area contributed by atoms with Crippen LogP contribution in [0.1, 0.15) is 24.3 Å². The van der Waals surface area contributed by atoms with E-state index in [0.29, 0.717) is 13.2 Å². The molecule has 1 N–H and O–H groups in total. The van der Waals surface area contributed by atoms with Crippen molar-refractivity contribution in [2.24, 2.45) is 5.41 Å². The predicted octanol–water partition coefficient (Wildman–Crippen LogP) is 0.771. The molecule has 0 aliphatic carbocycles. The molecule has 1 aromatic heterocycles. The molecule has 2 aliphatic heterocycles. The molecule has 0 aromatic carbocycles. The van der Waals surface area contributed by atoms with Crippen molar-refractivity contribution < 1.29 is 13.2 Å². The van der Waals surface area contributed by atoms with Gasteiger partial charge in [0.1, 0.15) is 5.01 Å². The van der Waals surface area contributed by atoms with Gasteiger partial charge in [0.25, 0.3) is 0 Å². The highest BCUT2D eigenvalue weighted by Crippen LogP contribution is 2.42. The summed E-state index contributed by atoms with van der Waals surface area (Å²) in [5, 5.41) is 10.2. The van der Waals surface area contributed by atoms with Gasteiger partial charge in [0.2, 0.25) is 15.2 Å². The third kappa shape index (κ3) is 3.42. The first-order valence-electron chi connectivity index (χ1n) is 7.48. The number of sulfonamides is 1. The van der Waals surface area contributed by atoms with E-state index in [4.69, 9.17) is 4.74 Å². The number of nitrogens with zero attached hydrogens (tertiary/aromatic N) is 3. The summed E-state index contributed by atoms with van der Waals surface area (Å²) in [4.78, 5) is 2.25. The van der Waals surface area contributed by atoms with E-state index in [1.807, 2.05) is 6.92 Å². The Hall–Kier alpha value is -0.770. The predicted molar refractivity (Wildman–Crippen MR) is 85.7 cm³/mol. The molecule has 1 aromatic rings. The van der Waals surface area contributed by atoms with Crippen molar-refractivity contribution >= 4 is 26.5 Å². The molecule has 9 heteroatoms. The molecule has 3 rings (SSSR count). The Morgan fingerprint density at radius 2 is 2.05 bits per heavy atom. The average Bonchev–Trinajstić information content (AvgIpc) is 2.88. The number of piperidine rings is 1. The lowest BCUT2D eigenvalue weighted by molar-refractivity contribution is -0.0232. The van der Waals surface area contributed by atoms with E-state index >= 15 is 0 Å². The summed E-state index contributed by atoms with van der Waals surface area (Å²) in [7, 11) is -3.23. The Bertz CT molecular complexity index is 623. The quantitative estimate of drug-likeness (QED) is 0.870. The SMILES string of the molecule is Cc1nnc(N2CCC3(CCOC[C@H]3NS(C)(=O)=O)CC2)s1. The molecule has 0 amide bonds. The van der Waals surface area contributed by atoms with E-state index in [1.54, 1.807) is 11.3 Å². The molecule has 22 heavy (non-hydrogen) atoms. The van der Waals surface area contributed by atoms with E-state index < -0.39 is 10.0 Å². The van der Waals surface area contributed by atoms with Gasteiger partial charge in [-0.05, 0) is 31.6 Å². The van der Waals surface area contributed by atoms with Crippen molar-refractivity contribution in [3.63, 3.8) is 0 Å². The Labute approximate surface area is 135 Å². The molecule has 1 atom stereocenters. The lowest BCUT2D eigenvalue weighted by Crippen LogP contribution is -2.57. The molecule has 0 radical (unpaired) electrons. The summed E-state index contributed by atoms with van der Waals surface area (Å²) in [6.07, 6.45) is 4.02. The largest absolute Gasteiger partial charge is 0.380 e. The smallest absolute Gasteiger partial charge is 0.209 e. The van der Waals surface area contributed by atoms with Gasteiger partial charge < -0.3 is 9.64 Å². The van der Waals surface area contributed by atoms with Crippen LogP contribution in [-0.2, 0) is 14.8 Å². The summed E-state index contributed by atoms with van der Waals surface area (Å²) in [6.45, 7) is 4.90. The van der Waals surface area contributed by atoms with Gasteiger partial charge >= 0.3 is 0 Å². The lowest BCUT2D eigenvalue weighted by Gasteiger charge is -2.48. The van der Waals surface area contributed by atoms with Crippen LogP contribution in [0.4, 0.5) is 5.13 Å². The monoisotopic (exact) mass is 346 g/mol.